The van der Waals surface area contributed by atoms with Crippen LogP contribution in [0.1, 0.15) is 143 Å². The number of esters is 1. The van der Waals surface area contributed by atoms with E-state index in [1.807, 2.05) is 0 Å². The fourth-order valence-corrected chi connectivity index (χ4v) is 3.97. The number of ether oxygens (including phenoxy) is 1. The Labute approximate surface area is 189 Å². The smallest absolute Gasteiger partial charge is 0.320 e. The lowest BCUT2D eigenvalue weighted by atomic mass is 10.1. The van der Waals surface area contributed by atoms with Crippen molar-refractivity contribution in [3.63, 3.8) is 0 Å². The molecule has 3 heteroatoms. The third kappa shape index (κ3) is 22.1. The van der Waals surface area contributed by atoms with E-state index >= 15 is 0 Å². The molecule has 0 heterocycles. The van der Waals surface area contributed by atoms with Crippen LogP contribution in [0.25, 0.3) is 0 Å². The van der Waals surface area contributed by atoms with Crippen LogP contribution in [0.3, 0.4) is 0 Å². The van der Waals surface area contributed by atoms with Gasteiger partial charge >= 0.3 is 5.97 Å². The van der Waals surface area contributed by atoms with Crippen LogP contribution in [0, 0.1) is 0 Å². The molecule has 0 aliphatic rings. The van der Waals surface area contributed by atoms with E-state index in [-0.39, 0.29) is 5.97 Å². The number of carbonyl (C=O) groups excluding carboxylic acids is 1. The van der Waals surface area contributed by atoms with Gasteiger partial charge in [0.1, 0.15) is 0 Å². The fraction of sp³-hybridized carbons (Fsp3) is 0.963. The van der Waals surface area contributed by atoms with Gasteiger partial charge in [-0.3, -0.25) is 9.69 Å². The monoisotopic (exact) mass is 425 g/mol. The maximum Gasteiger partial charge on any atom is 0.320 e. The highest BCUT2D eigenvalue weighted by atomic mass is 16.5. The molecule has 30 heavy (non-hydrogen) atoms. The molecule has 0 fully saturated rings. The van der Waals surface area contributed by atoms with Gasteiger partial charge in [0.15, 0.2) is 0 Å². The van der Waals surface area contributed by atoms with Gasteiger partial charge in [0, 0.05) is 0 Å². The van der Waals surface area contributed by atoms with Gasteiger partial charge in [-0.25, -0.2) is 0 Å². The minimum Gasteiger partial charge on any atom is -0.465 e. The van der Waals surface area contributed by atoms with Crippen molar-refractivity contribution in [2.45, 2.75) is 143 Å². The first kappa shape index (κ1) is 29.4. The van der Waals surface area contributed by atoms with Crippen molar-refractivity contribution >= 4 is 5.97 Å². The van der Waals surface area contributed by atoms with Gasteiger partial charge < -0.3 is 4.74 Å². The van der Waals surface area contributed by atoms with Gasteiger partial charge in [0.2, 0.25) is 0 Å². The van der Waals surface area contributed by atoms with Crippen LogP contribution in [0.4, 0.5) is 0 Å². The van der Waals surface area contributed by atoms with E-state index in [4.69, 9.17) is 4.74 Å². The SMILES string of the molecule is CCCCCCCCCOC(=O)CN(CCCCCCCC)CCCCCCCC. The number of hydrogen-bond acceptors (Lipinski definition) is 3. The summed E-state index contributed by atoms with van der Waals surface area (Å²) in [5, 5.41) is 0. The van der Waals surface area contributed by atoms with Crippen LogP contribution in [-0.4, -0.2) is 37.1 Å². The summed E-state index contributed by atoms with van der Waals surface area (Å²) in [5.74, 6) is -0.0158. The quantitative estimate of drug-likeness (QED) is 0.115. The third-order valence-electron chi connectivity index (χ3n) is 6.02. The van der Waals surface area contributed by atoms with Gasteiger partial charge in [-0.2, -0.15) is 0 Å². The Balaban J connectivity index is 3.96. The highest BCUT2D eigenvalue weighted by Crippen LogP contribution is 2.10. The fourth-order valence-electron chi connectivity index (χ4n) is 3.97. The first-order chi connectivity index (χ1) is 14.7. The number of rotatable bonds is 24. The molecular formula is C27H55NO2. The molecule has 0 saturated heterocycles. The Morgan fingerprint density at radius 2 is 0.900 bits per heavy atom. The molecule has 0 bridgehead atoms. The summed E-state index contributed by atoms with van der Waals surface area (Å²) in [6.07, 6.45) is 24.5. The molecule has 0 saturated carbocycles. The molecule has 0 aromatic heterocycles. The summed E-state index contributed by atoms with van der Waals surface area (Å²) < 4.78 is 5.54. The predicted molar refractivity (Wildman–Crippen MR) is 132 cm³/mol. The first-order valence-electron chi connectivity index (χ1n) is 13.6. The standard InChI is InChI=1S/C27H55NO2/c1-4-7-10-13-16-19-22-25-30-27(29)26-28(23-20-17-14-11-8-5-2)24-21-18-15-12-9-6-3/h4-26H2,1-3H3. The lowest BCUT2D eigenvalue weighted by molar-refractivity contribution is -0.145. The van der Waals surface area contributed by atoms with E-state index in [2.05, 4.69) is 25.7 Å². The molecule has 0 N–H and O–H groups in total. The molecule has 0 amide bonds. The third-order valence-corrected chi connectivity index (χ3v) is 6.02. The molecule has 0 spiro atoms. The van der Waals surface area contributed by atoms with Crippen LogP contribution in [0.2, 0.25) is 0 Å². The Morgan fingerprint density at radius 1 is 0.533 bits per heavy atom. The lowest BCUT2D eigenvalue weighted by Crippen LogP contribution is -2.33. The van der Waals surface area contributed by atoms with Crippen LogP contribution < -0.4 is 0 Å². The van der Waals surface area contributed by atoms with Crippen molar-refractivity contribution in [1.82, 2.24) is 4.90 Å². The lowest BCUT2D eigenvalue weighted by Gasteiger charge is -2.21. The van der Waals surface area contributed by atoms with Gasteiger partial charge in [0.25, 0.3) is 0 Å². The minimum absolute atomic E-state index is 0.0158. The highest BCUT2D eigenvalue weighted by molar-refractivity contribution is 5.71. The second-order valence-corrected chi connectivity index (χ2v) is 9.15. The van der Waals surface area contributed by atoms with Gasteiger partial charge in [-0.1, -0.05) is 124 Å². The average molecular weight is 426 g/mol. The second-order valence-electron chi connectivity index (χ2n) is 9.15. The second kappa shape index (κ2) is 24.7. The maximum absolute atomic E-state index is 12.3. The summed E-state index contributed by atoms with van der Waals surface area (Å²) in [5.41, 5.74) is 0. The number of unbranched alkanes of at least 4 members (excludes halogenated alkanes) is 16. The van der Waals surface area contributed by atoms with E-state index in [1.165, 1.54) is 116 Å². The molecule has 0 unspecified atom stereocenters. The van der Waals surface area contributed by atoms with Crippen molar-refractivity contribution < 1.29 is 9.53 Å². The van der Waals surface area contributed by atoms with Gasteiger partial charge in [-0.15, -0.1) is 0 Å². The average Bonchev–Trinajstić information content (AvgIpc) is 2.74. The molecule has 0 aromatic carbocycles. The molecule has 0 atom stereocenters. The predicted octanol–water partition coefficient (Wildman–Crippen LogP) is 8.30. The zero-order valence-electron chi connectivity index (χ0n) is 21.0. The van der Waals surface area contributed by atoms with Crippen molar-refractivity contribution in [2.75, 3.05) is 26.2 Å². The normalized spacial score (nSPS) is 11.3. The zero-order valence-corrected chi connectivity index (χ0v) is 21.0. The summed E-state index contributed by atoms with van der Waals surface area (Å²) in [6.45, 7) is 9.97. The Kier molecular flexibility index (Phi) is 24.2. The maximum atomic E-state index is 12.3. The summed E-state index contributed by atoms with van der Waals surface area (Å²) >= 11 is 0. The zero-order chi connectivity index (χ0) is 22.1. The van der Waals surface area contributed by atoms with Crippen molar-refractivity contribution in [3.05, 3.63) is 0 Å². The van der Waals surface area contributed by atoms with Crippen LogP contribution in [0.5, 0.6) is 0 Å². The van der Waals surface area contributed by atoms with Gasteiger partial charge in [-0.05, 0) is 32.4 Å². The summed E-state index contributed by atoms with van der Waals surface area (Å²) in [4.78, 5) is 14.7. The largest absolute Gasteiger partial charge is 0.465 e. The van der Waals surface area contributed by atoms with Crippen molar-refractivity contribution in [1.29, 1.82) is 0 Å². The molecule has 0 aliphatic heterocycles. The van der Waals surface area contributed by atoms with E-state index in [0.717, 1.165) is 19.5 Å². The van der Waals surface area contributed by atoms with Crippen LogP contribution in [-0.2, 0) is 9.53 Å². The highest BCUT2D eigenvalue weighted by Gasteiger charge is 2.11. The van der Waals surface area contributed by atoms with E-state index in [0.29, 0.717) is 13.2 Å². The summed E-state index contributed by atoms with van der Waals surface area (Å²) in [7, 11) is 0. The van der Waals surface area contributed by atoms with E-state index < -0.39 is 0 Å². The molecular weight excluding hydrogens is 370 g/mol. The topological polar surface area (TPSA) is 29.5 Å². The minimum atomic E-state index is -0.0158. The molecule has 0 aromatic rings. The molecule has 0 radical (unpaired) electrons. The Morgan fingerprint density at radius 3 is 1.33 bits per heavy atom. The summed E-state index contributed by atoms with van der Waals surface area (Å²) in [6, 6.07) is 0. The molecule has 0 aliphatic carbocycles. The Hall–Kier alpha value is -0.570. The molecule has 0 rings (SSSR count). The van der Waals surface area contributed by atoms with Crippen molar-refractivity contribution in [2.24, 2.45) is 0 Å². The van der Waals surface area contributed by atoms with E-state index in [9.17, 15) is 4.79 Å². The number of hydrogen-bond donors (Lipinski definition) is 0. The first-order valence-corrected chi connectivity index (χ1v) is 13.6. The Bertz CT molecular complexity index is 330. The van der Waals surface area contributed by atoms with Gasteiger partial charge in [0.05, 0.1) is 13.2 Å². The number of carbonyl (C=O) groups is 1. The van der Waals surface area contributed by atoms with Crippen LogP contribution >= 0.6 is 0 Å². The molecule has 3 nitrogen and oxygen atoms in total. The van der Waals surface area contributed by atoms with Crippen molar-refractivity contribution in [3.8, 4) is 0 Å². The van der Waals surface area contributed by atoms with E-state index in [1.54, 1.807) is 0 Å². The number of nitrogens with zero attached hydrogens (tertiary/aromatic N) is 1. The van der Waals surface area contributed by atoms with Crippen LogP contribution in [0.15, 0.2) is 0 Å². The molecule has 180 valence electrons.